The summed E-state index contributed by atoms with van der Waals surface area (Å²) in [5.41, 5.74) is 1.63. The second-order valence-electron chi connectivity index (χ2n) is 4.52. The van der Waals surface area contributed by atoms with E-state index in [0.717, 1.165) is 22.9 Å². The lowest BCUT2D eigenvalue weighted by Gasteiger charge is -2.11. The molecule has 1 heterocycles. The maximum absolute atomic E-state index is 11.9. The molecule has 0 spiro atoms. The summed E-state index contributed by atoms with van der Waals surface area (Å²) in [7, 11) is 0. The first-order chi connectivity index (χ1) is 8.70. The fraction of sp³-hybridized carbons (Fsp3) is 0.267. The van der Waals surface area contributed by atoms with Crippen molar-refractivity contribution in [2.45, 2.75) is 25.9 Å². The predicted octanol–water partition coefficient (Wildman–Crippen LogP) is 2.58. The van der Waals surface area contributed by atoms with Gasteiger partial charge in [-0.05, 0) is 30.9 Å². The van der Waals surface area contributed by atoms with Crippen LogP contribution in [0.5, 0.6) is 0 Å². The number of pyridine rings is 1. The van der Waals surface area contributed by atoms with Gasteiger partial charge in [-0.3, -0.25) is 4.79 Å². The van der Waals surface area contributed by atoms with Crippen molar-refractivity contribution in [2.24, 2.45) is 0 Å². The number of aromatic nitrogens is 1. The first-order valence-corrected chi connectivity index (χ1v) is 6.16. The standard InChI is InChI=1S/C15H18N2O/c1-3-6-11(2)16-10-13-9-12-7-4-5-8-14(12)17-15(13)18/h3-5,7-9,11,16H,1,6,10H2,2H3,(H,17,18). The van der Waals surface area contributed by atoms with Crippen LogP contribution in [0, 0.1) is 0 Å². The van der Waals surface area contributed by atoms with Gasteiger partial charge in [-0.1, -0.05) is 24.3 Å². The second kappa shape index (κ2) is 5.65. The number of aromatic amines is 1. The minimum absolute atomic E-state index is 0.0213. The summed E-state index contributed by atoms with van der Waals surface area (Å²) in [6.45, 7) is 6.37. The monoisotopic (exact) mass is 242 g/mol. The maximum Gasteiger partial charge on any atom is 0.252 e. The zero-order valence-electron chi connectivity index (χ0n) is 10.6. The Morgan fingerprint density at radius 1 is 1.44 bits per heavy atom. The summed E-state index contributed by atoms with van der Waals surface area (Å²) < 4.78 is 0. The Labute approximate surface area is 107 Å². The molecule has 2 rings (SSSR count). The number of benzene rings is 1. The van der Waals surface area contributed by atoms with Crippen molar-refractivity contribution >= 4 is 10.9 Å². The van der Waals surface area contributed by atoms with Crippen LogP contribution in [-0.2, 0) is 6.54 Å². The highest BCUT2D eigenvalue weighted by atomic mass is 16.1. The van der Waals surface area contributed by atoms with Gasteiger partial charge < -0.3 is 10.3 Å². The van der Waals surface area contributed by atoms with Crippen LogP contribution >= 0.6 is 0 Å². The molecule has 0 radical (unpaired) electrons. The van der Waals surface area contributed by atoms with E-state index < -0.39 is 0 Å². The average Bonchev–Trinajstić information content (AvgIpc) is 2.36. The maximum atomic E-state index is 11.9. The number of nitrogens with one attached hydrogen (secondary N) is 2. The van der Waals surface area contributed by atoms with Crippen molar-refractivity contribution in [1.82, 2.24) is 10.3 Å². The molecule has 0 saturated carbocycles. The quantitative estimate of drug-likeness (QED) is 0.791. The van der Waals surface area contributed by atoms with Crippen LogP contribution in [-0.4, -0.2) is 11.0 Å². The average molecular weight is 242 g/mol. The number of hydrogen-bond acceptors (Lipinski definition) is 2. The summed E-state index contributed by atoms with van der Waals surface area (Å²) >= 11 is 0. The van der Waals surface area contributed by atoms with Crippen LogP contribution in [0.25, 0.3) is 10.9 Å². The third-order valence-corrected chi connectivity index (χ3v) is 2.99. The molecule has 0 aliphatic rings. The summed E-state index contributed by atoms with van der Waals surface area (Å²) in [4.78, 5) is 14.8. The molecular weight excluding hydrogens is 224 g/mol. The third kappa shape index (κ3) is 2.87. The second-order valence-corrected chi connectivity index (χ2v) is 4.52. The van der Waals surface area contributed by atoms with Crippen LogP contribution in [0.3, 0.4) is 0 Å². The van der Waals surface area contributed by atoms with Gasteiger partial charge in [0.15, 0.2) is 0 Å². The highest BCUT2D eigenvalue weighted by molar-refractivity contribution is 5.78. The van der Waals surface area contributed by atoms with E-state index in [2.05, 4.69) is 23.8 Å². The number of H-pyrrole nitrogens is 1. The van der Waals surface area contributed by atoms with Gasteiger partial charge in [0.05, 0.1) is 0 Å². The molecule has 0 bridgehead atoms. The molecule has 3 heteroatoms. The summed E-state index contributed by atoms with van der Waals surface area (Å²) in [6, 6.07) is 10.1. The van der Waals surface area contributed by atoms with Crippen LogP contribution in [0.2, 0.25) is 0 Å². The van der Waals surface area contributed by atoms with Gasteiger partial charge in [0.2, 0.25) is 0 Å². The van der Waals surface area contributed by atoms with Gasteiger partial charge in [0.1, 0.15) is 0 Å². The molecule has 2 N–H and O–H groups in total. The lowest BCUT2D eigenvalue weighted by Crippen LogP contribution is -2.28. The first-order valence-electron chi connectivity index (χ1n) is 6.16. The van der Waals surface area contributed by atoms with Gasteiger partial charge in [-0.15, -0.1) is 6.58 Å². The minimum atomic E-state index is -0.0213. The van der Waals surface area contributed by atoms with E-state index in [-0.39, 0.29) is 5.56 Å². The molecular formula is C15H18N2O. The molecule has 0 fully saturated rings. The van der Waals surface area contributed by atoms with Crippen molar-refractivity contribution in [3.05, 3.63) is 58.9 Å². The highest BCUT2D eigenvalue weighted by Crippen LogP contribution is 2.10. The Hall–Kier alpha value is -1.87. The summed E-state index contributed by atoms with van der Waals surface area (Å²) in [6.07, 6.45) is 2.77. The van der Waals surface area contributed by atoms with E-state index in [1.807, 2.05) is 36.4 Å². The van der Waals surface area contributed by atoms with Crippen molar-refractivity contribution in [3.8, 4) is 0 Å². The lowest BCUT2D eigenvalue weighted by molar-refractivity contribution is 0.552. The fourth-order valence-corrected chi connectivity index (χ4v) is 1.94. The van der Waals surface area contributed by atoms with Crippen molar-refractivity contribution in [3.63, 3.8) is 0 Å². The van der Waals surface area contributed by atoms with E-state index in [0.29, 0.717) is 12.6 Å². The van der Waals surface area contributed by atoms with Gasteiger partial charge in [0.25, 0.3) is 5.56 Å². The summed E-state index contributed by atoms with van der Waals surface area (Å²) in [5.74, 6) is 0. The van der Waals surface area contributed by atoms with Gasteiger partial charge in [0, 0.05) is 23.7 Å². The third-order valence-electron chi connectivity index (χ3n) is 2.99. The SMILES string of the molecule is C=CCC(C)NCc1cc2ccccc2[nH]c1=O. The number of hydrogen-bond donors (Lipinski definition) is 2. The van der Waals surface area contributed by atoms with Gasteiger partial charge in [-0.25, -0.2) is 0 Å². The van der Waals surface area contributed by atoms with E-state index in [4.69, 9.17) is 0 Å². The molecule has 0 aliphatic heterocycles. The van der Waals surface area contributed by atoms with Crippen LogP contribution < -0.4 is 10.9 Å². The fourth-order valence-electron chi connectivity index (χ4n) is 1.94. The minimum Gasteiger partial charge on any atom is -0.322 e. The Kier molecular flexibility index (Phi) is 3.95. The molecule has 1 atom stereocenters. The molecule has 0 amide bonds. The molecule has 1 unspecified atom stereocenters. The van der Waals surface area contributed by atoms with Crippen LogP contribution in [0.15, 0.2) is 47.8 Å². The van der Waals surface area contributed by atoms with Crippen molar-refractivity contribution in [2.75, 3.05) is 0 Å². The van der Waals surface area contributed by atoms with Gasteiger partial charge >= 0.3 is 0 Å². The molecule has 3 nitrogen and oxygen atoms in total. The van der Waals surface area contributed by atoms with Gasteiger partial charge in [-0.2, -0.15) is 0 Å². The Morgan fingerprint density at radius 2 is 2.22 bits per heavy atom. The zero-order valence-corrected chi connectivity index (χ0v) is 10.6. The van der Waals surface area contributed by atoms with Crippen LogP contribution in [0.4, 0.5) is 0 Å². The van der Waals surface area contributed by atoms with Crippen LogP contribution in [0.1, 0.15) is 18.9 Å². The number of rotatable bonds is 5. The molecule has 1 aromatic heterocycles. The molecule has 2 aromatic rings. The lowest BCUT2D eigenvalue weighted by atomic mass is 10.1. The largest absolute Gasteiger partial charge is 0.322 e. The van der Waals surface area contributed by atoms with E-state index >= 15 is 0 Å². The highest BCUT2D eigenvalue weighted by Gasteiger charge is 2.04. The topological polar surface area (TPSA) is 44.9 Å². The molecule has 94 valence electrons. The van der Waals surface area contributed by atoms with E-state index in [1.165, 1.54) is 0 Å². The first kappa shape index (κ1) is 12.6. The number of fused-ring (bicyclic) bond motifs is 1. The predicted molar refractivity (Wildman–Crippen MR) is 75.7 cm³/mol. The van der Waals surface area contributed by atoms with E-state index in [9.17, 15) is 4.79 Å². The zero-order chi connectivity index (χ0) is 13.0. The Balaban J connectivity index is 2.20. The van der Waals surface area contributed by atoms with Crippen molar-refractivity contribution < 1.29 is 0 Å². The van der Waals surface area contributed by atoms with Crippen molar-refractivity contribution in [1.29, 1.82) is 0 Å². The Morgan fingerprint density at radius 3 is 3.00 bits per heavy atom. The normalized spacial score (nSPS) is 12.5. The number of para-hydroxylation sites is 1. The molecule has 0 saturated heterocycles. The summed E-state index contributed by atoms with van der Waals surface area (Å²) in [5, 5.41) is 4.37. The Bertz CT molecular complexity index is 601. The smallest absolute Gasteiger partial charge is 0.252 e. The molecule has 0 aliphatic carbocycles. The molecule has 18 heavy (non-hydrogen) atoms. The van der Waals surface area contributed by atoms with E-state index in [1.54, 1.807) is 0 Å². The molecule has 1 aromatic carbocycles.